The Labute approximate surface area is 239 Å². The van der Waals surface area contributed by atoms with Gasteiger partial charge in [0, 0.05) is 0 Å². The molecule has 2 fully saturated rings. The molecule has 226 valence electrons. The lowest BCUT2D eigenvalue weighted by molar-refractivity contribution is 0.132. The van der Waals surface area contributed by atoms with Gasteiger partial charge < -0.3 is 0 Å². The highest BCUT2D eigenvalue weighted by Gasteiger charge is 2.30. The molecule has 0 amide bonds. The molecular weight excluding hydrogens is 444 g/mol. The minimum atomic E-state index is 0.850. The summed E-state index contributed by atoms with van der Waals surface area (Å²) >= 11 is 0. The van der Waals surface area contributed by atoms with Crippen LogP contribution < -0.4 is 0 Å². The molecule has 0 nitrogen and oxygen atoms in total. The second-order valence-corrected chi connectivity index (χ2v) is 12.2. The van der Waals surface area contributed by atoms with Crippen molar-refractivity contribution in [2.24, 2.45) is 41.4 Å². The van der Waals surface area contributed by atoms with Crippen LogP contribution in [0, 0.1) is 41.4 Å². The van der Waals surface area contributed by atoms with Gasteiger partial charge in [-0.1, -0.05) is 160 Å². The zero-order valence-corrected chi connectivity index (χ0v) is 28.5. The van der Waals surface area contributed by atoms with Gasteiger partial charge in [-0.15, -0.1) is 13.2 Å². The third kappa shape index (κ3) is 22.3. The Balaban J connectivity index is -0.000000637. The van der Waals surface area contributed by atoms with E-state index in [1.165, 1.54) is 96.3 Å². The Bertz CT molecular complexity index is 396. The van der Waals surface area contributed by atoms with Gasteiger partial charge in [0.1, 0.15) is 0 Å². The van der Waals surface area contributed by atoms with Crippen molar-refractivity contribution in [2.75, 3.05) is 0 Å². The molecule has 0 heterocycles. The molecule has 0 aromatic rings. The quantitative estimate of drug-likeness (QED) is 0.157. The first-order valence-electron chi connectivity index (χ1n) is 17.4. The summed E-state index contributed by atoms with van der Waals surface area (Å²) in [6.45, 7) is 30.8. The van der Waals surface area contributed by atoms with Crippen LogP contribution in [-0.2, 0) is 0 Å². The molecule has 3 unspecified atom stereocenters. The van der Waals surface area contributed by atoms with Crippen LogP contribution >= 0.6 is 0 Å². The third-order valence-electron chi connectivity index (χ3n) is 9.06. The lowest BCUT2D eigenvalue weighted by atomic mass is 9.67. The van der Waals surface area contributed by atoms with Gasteiger partial charge in [-0.25, -0.2) is 0 Å². The maximum atomic E-state index is 3.00. The van der Waals surface area contributed by atoms with E-state index in [1.807, 2.05) is 27.7 Å². The molecule has 0 heteroatoms. The molecule has 2 saturated carbocycles. The summed E-state index contributed by atoms with van der Waals surface area (Å²) < 4.78 is 0. The molecule has 0 spiro atoms. The molecule has 0 aromatic carbocycles. The lowest BCUT2D eigenvalue weighted by Crippen LogP contribution is -2.27. The second-order valence-electron chi connectivity index (χ2n) is 12.2. The van der Waals surface area contributed by atoms with Crippen LogP contribution in [0.2, 0.25) is 0 Å². The summed E-state index contributed by atoms with van der Waals surface area (Å²) in [6.07, 6.45) is 25.1. The Morgan fingerprint density at radius 1 is 0.649 bits per heavy atom. The number of hydrogen-bond donors (Lipinski definition) is 0. The van der Waals surface area contributed by atoms with Gasteiger partial charge in [0.25, 0.3) is 0 Å². The highest BCUT2D eigenvalue weighted by molar-refractivity contribution is 4.82. The topological polar surface area (TPSA) is 0 Å². The van der Waals surface area contributed by atoms with Crippen molar-refractivity contribution in [3.8, 4) is 0 Å². The summed E-state index contributed by atoms with van der Waals surface area (Å²) in [5.74, 6) is 6.94. The summed E-state index contributed by atoms with van der Waals surface area (Å²) in [6, 6.07) is 0. The van der Waals surface area contributed by atoms with E-state index in [4.69, 9.17) is 0 Å². The van der Waals surface area contributed by atoms with Crippen LogP contribution in [0.5, 0.6) is 0 Å². The fourth-order valence-corrected chi connectivity index (χ4v) is 6.45. The third-order valence-corrected chi connectivity index (χ3v) is 9.06. The van der Waals surface area contributed by atoms with Gasteiger partial charge in [-0.3, -0.25) is 0 Å². The van der Waals surface area contributed by atoms with E-state index in [2.05, 4.69) is 61.6 Å². The van der Waals surface area contributed by atoms with E-state index in [0.29, 0.717) is 0 Å². The highest BCUT2D eigenvalue weighted by Crippen LogP contribution is 2.42. The van der Waals surface area contributed by atoms with Gasteiger partial charge in [0.05, 0.1) is 0 Å². The van der Waals surface area contributed by atoms with Crippen molar-refractivity contribution in [1.29, 1.82) is 0 Å². The smallest absolute Gasteiger partial charge is 0.0389 e. The average Bonchev–Trinajstić information content (AvgIpc) is 2.92. The fraction of sp³-hybridized carbons (Fsp3) is 0.946. The van der Waals surface area contributed by atoms with Crippen molar-refractivity contribution in [2.45, 2.75) is 185 Å². The first kappa shape index (κ1) is 41.2. The molecule has 2 aliphatic carbocycles. The molecule has 0 bridgehead atoms. The predicted octanol–water partition coefficient (Wildman–Crippen LogP) is 13.9. The molecule has 2 rings (SSSR count). The normalized spacial score (nSPS) is 21.2. The summed E-state index contributed by atoms with van der Waals surface area (Å²) in [5, 5.41) is 0. The second kappa shape index (κ2) is 30.3. The minimum Gasteiger partial charge on any atom is -0.106 e. The van der Waals surface area contributed by atoms with E-state index >= 15 is 0 Å². The summed E-state index contributed by atoms with van der Waals surface area (Å²) in [4.78, 5) is 0. The largest absolute Gasteiger partial charge is 0.106 e. The molecule has 3 atom stereocenters. The Hall–Kier alpha value is -0.260. The Morgan fingerprint density at radius 3 is 1.68 bits per heavy atom. The highest BCUT2D eigenvalue weighted by atomic mass is 14.4. The predicted molar refractivity (Wildman–Crippen MR) is 177 cm³/mol. The molecule has 0 N–H and O–H groups in total. The molecule has 0 aromatic heterocycles. The van der Waals surface area contributed by atoms with Crippen LogP contribution in [0.15, 0.2) is 13.2 Å². The summed E-state index contributed by atoms with van der Waals surface area (Å²) in [5.41, 5.74) is 0. The van der Waals surface area contributed by atoms with E-state index in [1.54, 1.807) is 12.8 Å². The molecule has 0 aliphatic heterocycles. The SMILES string of the molecule is C=C.CC.CC.CCCC1CCCCC1.CCCCCC(C)CC1CC(CCC(CC)C(C)C(C)C)C1. The Morgan fingerprint density at radius 2 is 1.22 bits per heavy atom. The monoisotopic (exact) mass is 523 g/mol. The van der Waals surface area contributed by atoms with Crippen LogP contribution in [0.25, 0.3) is 0 Å². The van der Waals surface area contributed by atoms with E-state index < -0.39 is 0 Å². The standard InChI is InChI=1S/C22H44.C9H18.2C2H6.C2H4/c1-7-9-10-11-18(5)14-21-15-20(16-21)12-13-22(8-2)19(6)17(3)4;1-2-6-9-7-4-3-5-8-9;3*1-2/h17-22H,7-16H2,1-6H3;9H,2-8H2,1H3;2*1-2H3;1-2H2. The van der Waals surface area contributed by atoms with Crippen molar-refractivity contribution in [3.05, 3.63) is 13.2 Å². The molecular formula is C37H78. The van der Waals surface area contributed by atoms with Crippen LogP contribution in [-0.4, -0.2) is 0 Å². The number of hydrogen-bond acceptors (Lipinski definition) is 0. The van der Waals surface area contributed by atoms with Crippen LogP contribution in [0.3, 0.4) is 0 Å². The van der Waals surface area contributed by atoms with Gasteiger partial charge in [0.2, 0.25) is 0 Å². The van der Waals surface area contributed by atoms with Gasteiger partial charge in [0.15, 0.2) is 0 Å². The van der Waals surface area contributed by atoms with Crippen molar-refractivity contribution >= 4 is 0 Å². The lowest BCUT2D eigenvalue weighted by Gasteiger charge is -2.38. The molecule has 0 saturated heterocycles. The average molecular weight is 523 g/mol. The molecule has 0 radical (unpaired) electrons. The fourth-order valence-electron chi connectivity index (χ4n) is 6.45. The van der Waals surface area contributed by atoms with Crippen molar-refractivity contribution < 1.29 is 0 Å². The minimum absolute atomic E-state index is 0.850. The van der Waals surface area contributed by atoms with Crippen LogP contribution in [0.1, 0.15) is 185 Å². The first-order valence-corrected chi connectivity index (χ1v) is 17.4. The number of unbranched alkanes of at least 4 members (excludes halogenated alkanes) is 2. The van der Waals surface area contributed by atoms with Gasteiger partial charge in [-0.2, -0.15) is 0 Å². The molecule has 37 heavy (non-hydrogen) atoms. The maximum absolute atomic E-state index is 3.00. The van der Waals surface area contributed by atoms with E-state index in [-0.39, 0.29) is 0 Å². The van der Waals surface area contributed by atoms with Crippen molar-refractivity contribution in [3.63, 3.8) is 0 Å². The van der Waals surface area contributed by atoms with E-state index in [9.17, 15) is 0 Å². The molecule has 2 aliphatic rings. The summed E-state index contributed by atoms with van der Waals surface area (Å²) in [7, 11) is 0. The van der Waals surface area contributed by atoms with Crippen LogP contribution in [0.4, 0.5) is 0 Å². The zero-order chi connectivity index (χ0) is 29.1. The van der Waals surface area contributed by atoms with E-state index in [0.717, 1.165) is 41.4 Å². The maximum Gasteiger partial charge on any atom is -0.0389 e. The zero-order valence-electron chi connectivity index (χ0n) is 28.5. The van der Waals surface area contributed by atoms with Gasteiger partial charge >= 0.3 is 0 Å². The number of rotatable bonds is 14. The first-order chi connectivity index (χ1) is 17.9. The van der Waals surface area contributed by atoms with Crippen molar-refractivity contribution in [1.82, 2.24) is 0 Å². The Kier molecular flexibility index (Phi) is 33.7. The van der Waals surface area contributed by atoms with Gasteiger partial charge in [-0.05, 0) is 67.1 Å².